The van der Waals surface area contributed by atoms with Gasteiger partial charge in [0.05, 0.1) is 18.2 Å². The minimum absolute atomic E-state index is 0.0740. The third-order valence-corrected chi connectivity index (χ3v) is 3.12. The largest absolute Gasteiger partial charge is 0.478 e. The number of carbonyl (C=O) groups excluding carboxylic acids is 1. The van der Waals surface area contributed by atoms with Crippen LogP contribution in [0.15, 0.2) is 36.4 Å². The molecule has 0 amide bonds. The first-order valence-electron chi connectivity index (χ1n) is 6.15. The van der Waals surface area contributed by atoms with E-state index in [4.69, 9.17) is 5.11 Å². The van der Waals surface area contributed by atoms with Crippen LogP contribution in [0.1, 0.15) is 26.3 Å². The molecule has 0 bridgehead atoms. The number of aryl methyl sites for hydroxylation is 1. The van der Waals surface area contributed by atoms with Gasteiger partial charge in [0, 0.05) is 0 Å². The molecule has 0 aliphatic carbocycles. The summed E-state index contributed by atoms with van der Waals surface area (Å²) in [6.07, 6.45) is 0. The molecule has 0 saturated heterocycles. The topological polar surface area (TPSA) is 63.6 Å². The molecule has 0 fully saturated rings. The van der Waals surface area contributed by atoms with E-state index in [-0.39, 0.29) is 11.1 Å². The molecule has 0 aliphatic heterocycles. The summed E-state index contributed by atoms with van der Waals surface area (Å²) in [6, 6.07) is 8.54. The summed E-state index contributed by atoms with van der Waals surface area (Å²) in [5, 5.41) is 9.12. The Kier molecular flexibility index (Phi) is 4.03. The molecule has 21 heavy (non-hydrogen) atoms. The zero-order valence-electron chi connectivity index (χ0n) is 11.5. The van der Waals surface area contributed by atoms with E-state index in [1.807, 2.05) is 0 Å². The van der Waals surface area contributed by atoms with Gasteiger partial charge in [-0.15, -0.1) is 0 Å². The number of aromatic carboxylic acids is 1. The second-order valence-electron chi connectivity index (χ2n) is 4.56. The van der Waals surface area contributed by atoms with Crippen molar-refractivity contribution in [2.75, 3.05) is 7.11 Å². The van der Waals surface area contributed by atoms with Gasteiger partial charge in [-0.3, -0.25) is 0 Å². The van der Waals surface area contributed by atoms with Gasteiger partial charge in [0.25, 0.3) is 0 Å². The molecule has 0 spiro atoms. The number of halogens is 1. The molecule has 2 aromatic carbocycles. The average Bonchev–Trinajstić information content (AvgIpc) is 2.45. The number of ether oxygens (including phenoxy) is 1. The number of rotatable bonds is 3. The van der Waals surface area contributed by atoms with Crippen LogP contribution >= 0.6 is 0 Å². The lowest BCUT2D eigenvalue weighted by Crippen LogP contribution is -2.03. The van der Waals surface area contributed by atoms with E-state index in [9.17, 15) is 14.0 Å². The maximum absolute atomic E-state index is 13.6. The van der Waals surface area contributed by atoms with Crippen molar-refractivity contribution in [2.45, 2.75) is 6.92 Å². The maximum atomic E-state index is 13.6. The van der Waals surface area contributed by atoms with Crippen LogP contribution in [0, 0.1) is 12.7 Å². The molecule has 2 rings (SSSR count). The summed E-state index contributed by atoms with van der Waals surface area (Å²) in [7, 11) is 1.21. The zero-order chi connectivity index (χ0) is 15.6. The molecule has 5 heteroatoms. The second-order valence-corrected chi connectivity index (χ2v) is 4.56. The highest BCUT2D eigenvalue weighted by Gasteiger charge is 2.13. The van der Waals surface area contributed by atoms with Crippen LogP contribution in [0.25, 0.3) is 11.1 Å². The number of carbonyl (C=O) groups is 2. The van der Waals surface area contributed by atoms with E-state index >= 15 is 0 Å². The van der Waals surface area contributed by atoms with Gasteiger partial charge in [-0.1, -0.05) is 12.1 Å². The minimum atomic E-state index is -1.06. The van der Waals surface area contributed by atoms with Gasteiger partial charge in [-0.2, -0.15) is 0 Å². The van der Waals surface area contributed by atoms with E-state index in [0.717, 1.165) is 6.07 Å². The summed E-state index contributed by atoms with van der Waals surface area (Å²) in [5.74, 6) is -2.30. The first-order chi connectivity index (χ1) is 9.92. The smallest absolute Gasteiger partial charge is 0.337 e. The summed E-state index contributed by atoms with van der Waals surface area (Å²) in [5.41, 5.74) is 1.75. The fraction of sp³-hybridized carbons (Fsp3) is 0.125. The molecular weight excluding hydrogens is 275 g/mol. The Labute approximate surface area is 120 Å². The highest BCUT2D eigenvalue weighted by atomic mass is 19.1. The van der Waals surface area contributed by atoms with Crippen molar-refractivity contribution in [3.05, 3.63) is 58.9 Å². The Hall–Kier alpha value is -2.69. The number of carboxylic acids is 1. The van der Waals surface area contributed by atoms with E-state index in [2.05, 4.69) is 4.74 Å². The molecular formula is C16H13FO4. The molecule has 0 aromatic heterocycles. The summed E-state index contributed by atoms with van der Waals surface area (Å²) in [6.45, 7) is 1.68. The molecule has 4 nitrogen and oxygen atoms in total. The molecule has 1 N–H and O–H groups in total. The van der Waals surface area contributed by atoms with Gasteiger partial charge in [0.15, 0.2) is 0 Å². The fourth-order valence-corrected chi connectivity index (χ4v) is 2.02. The average molecular weight is 288 g/mol. The van der Waals surface area contributed by atoms with E-state index < -0.39 is 17.8 Å². The predicted octanol–water partition coefficient (Wildman–Crippen LogP) is 3.29. The van der Waals surface area contributed by atoms with Crippen LogP contribution in [0.2, 0.25) is 0 Å². The number of hydrogen-bond donors (Lipinski definition) is 1. The predicted molar refractivity (Wildman–Crippen MR) is 74.9 cm³/mol. The number of hydrogen-bond acceptors (Lipinski definition) is 3. The first-order valence-corrected chi connectivity index (χ1v) is 6.15. The lowest BCUT2D eigenvalue weighted by atomic mass is 9.98. The van der Waals surface area contributed by atoms with Gasteiger partial charge >= 0.3 is 11.9 Å². The fourth-order valence-electron chi connectivity index (χ4n) is 2.02. The van der Waals surface area contributed by atoms with Gasteiger partial charge in [0.1, 0.15) is 5.82 Å². The number of benzene rings is 2. The quantitative estimate of drug-likeness (QED) is 0.880. The third-order valence-electron chi connectivity index (χ3n) is 3.12. The summed E-state index contributed by atoms with van der Waals surface area (Å²) >= 11 is 0. The van der Waals surface area contributed by atoms with Crippen molar-refractivity contribution in [2.24, 2.45) is 0 Å². The Morgan fingerprint density at radius 1 is 1.10 bits per heavy atom. The molecule has 2 aromatic rings. The highest BCUT2D eigenvalue weighted by molar-refractivity contribution is 5.93. The molecule has 0 saturated carbocycles. The normalized spacial score (nSPS) is 10.2. The zero-order valence-corrected chi connectivity index (χ0v) is 11.5. The number of methoxy groups -OCH3 is 1. The van der Waals surface area contributed by atoms with Crippen molar-refractivity contribution in [3.63, 3.8) is 0 Å². The molecule has 0 atom stereocenters. The highest BCUT2D eigenvalue weighted by Crippen LogP contribution is 2.25. The number of carboxylic acid groups (broad SMARTS) is 1. The Bertz CT molecular complexity index is 722. The van der Waals surface area contributed by atoms with Gasteiger partial charge in [0.2, 0.25) is 0 Å². The van der Waals surface area contributed by atoms with Crippen LogP contribution in [-0.2, 0) is 4.74 Å². The lowest BCUT2D eigenvalue weighted by Gasteiger charge is -2.08. The van der Waals surface area contributed by atoms with Crippen LogP contribution < -0.4 is 0 Å². The third kappa shape index (κ3) is 3.08. The van der Waals surface area contributed by atoms with Crippen LogP contribution in [0.4, 0.5) is 4.39 Å². The Morgan fingerprint density at radius 2 is 1.81 bits per heavy atom. The van der Waals surface area contributed by atoms with Crippen LogP contribution in [0.3, 0.4) is 0 Å². The monoisotopic (exact) mass is 288 g/mol. The van der Waals surface area contributed by atoms with Crippen molar-refractivity contribution in [3.8, 4) is 11.1 Å². The van der Waals surface area contributed by atoms with Gasteiger partial charge in [-0.25, -0.2) is 14.0 Å². The van der Waals surface area contributed by atoms with E-state index in [1.165, 1.54) is 25.3 Å². The molecule has 0 radical (unpaired) electrons. The van der Waals surface area contributed by atoms with E-state index in [1.54, 1.807) is 19.1 Å². The van der Waals surface area contributed by atoms with Gasteiger partial charge < -0.3 is 9.84 Å². The summed E-state index contributed by atoms with van der Waals surface area (Å²) in [4.78, 5) is 22.6. The standard InChI is InChI=1S/C16H13FO4/c1-9-3-4-10(8-14(9)15(18)19)11-5-12(16(20)21-2)7-13(17)6-11/h3-8H,1-2H3,(H,18,19). The van der Waals surface area contributed by atoms with Crippen molar-refractivity contribution < 1.29 is 23.8 Å². The van der Waals surface area contributed by atoms with Crippen LogP contribution in [-0.4, -0.2) is 24.2 Å². The van der Waals surface area contributed by atoms with Crippen molar-refractivity contribution in [1.29, 1.82) is 0 Å². The van der Waals surface area contributed by atoms with E-state index in [0.29, 0.717) is 16.7 Å². The minimum Gasteiger partial charge on any atom is -0.478 e. The Balaban J connectivity index is 2.56. The number of esters is 1. The van der Waals surface area contributed by atoms with Crippen molar-refractivity contribution in [1.82, 2.24) is 0 Å². The molecule has 0 heterocycles. The SMILES string of the molecule is COC(=O)c1cc(F)cc(-c2ccc(C)c(C(=O)O)c2)c1. The first kappa shape index (κ1) is 14.7. The van der Waals surface area contributed by atoms with Gasteiger partial charge in [-0.05, 0) is 47.9 Å². The second kappa shape index (κ2) is 5.75. The van der Waals surface area contributed by atoms with Crippen LogP contribution in [0.5, 0.6) is 0 Å². The van der Waals surface area contributed by atoms with Crippen molar-refractivity contribution >= 4 is 11.9 Å². The maximum Gasteiger partial charge on any atom is 0.337 e. The lowest BCUT2D eigenvalue weighted by molar-refractivity contribution is 0.0599. The molecule has 108 valence electrons. The Morgan fingerprint density at radius 3 is 2.43 bits per heavy atom. The molecule has 0 unspecified atom stereocenters. The molecule has 0 aliphatic rings. The summed E-state index contributed by atoms with van der Waals surface area (Å²) < 4.78 is 18.2.